The normalized spacial score (nSPS) is 13.4. The quantitative estimate of drug-likeness (QED) is 0.187. The van der Waals surface area contributed by atoms with Crippen molar-refractivity contribution in [2.45, 2.75) is 5.41 Å². The lowest BCUT2D eigenvalue weighted by Gasteiger charge is -2.30. The number of fused-ring (bicyclic) bond motifs is 16. The van der Waals surface area contributed by atoms with Gasteiger partial charge in [0.05, 0.1) is 16.4 Å². The van der Waals surface area contributed by atoms with Gasteiger partial charge in [0.15, 0.2) is 0 Å². The van der Waals surface area contributed by atoms with Crippen molar-refractivity contribution in [3.8, 4) is 50.2 Å². The van der Waals surface area contributed by atoms with Gasteiger partial charge in [-0.3, -0.25) is 0 Å². The first-order valence-corrected chi connectivity index (χ1v) is 19.8. The summed E-state index contributed by atoms with van der Waals surface area (Å²) in [5.74, 6) is 0. The average molecular weight is 723 g/mol. The van der Waals surface area contributed by atoms with Crippen molar-refractivity contribution in [3.05, 3.63) is 222 Å². The third-order valence-corrected chi connectivity index (χ3v) is 12.9. The number of benzene rings is 9. The molecule has 2 aliphatic rings. The van der Waals surface area contributed by atoms with Gasteiger partial charge in [-0.1, -0.05) is 140 Å². The zero-order valence-corrected chi connectivity index (χ0v) is 31.0. The number of para-hydroxylation sites is 2. The Morgan fingerprint density at radius 1 is 0.316 bits per heavy atom. The lowest BCUT2D eigenvalue weighted by Crippen LogP contribution is -2.25. The van der Waals surface area contributed by atoms with Crippen molar-refractivity contribution in [3.63, 3.8) is 0 Å². The largest absolute Gasteiger partial charge is 0.355 e. The summed E-state index contributed by atoms with van der Waals surface area (Å²) in [5.41, 5.74) is 21.2. The second-order valence-corrected chi connectivity index (χ2v) is 15.7. The number of H-pyrrole nitrogens is 1. The van der Waals surface area contributed by atoms with Gasteiger partial charge in [-0.15, -0.1) is 0 Å². The highest BCUT2D eigenvalue weighted by molar-refractivity contribution is 6.12. The Kier molecular flexibility index (Phi) is 6.13. The predicted octanol–water partition coefficient (Wildman–Crippen LogP) is 14.1. The molecule has 9 aromatic carbocycles. The Labute approximate surface area is 329 Å². The molecule has 0 amide bonds. The van der Waals surface area contributed by atoms with E-state index in [1.807, 2.05) is 0 Å². The second-order valence-electron chi connectivity index (χ2n) is 15.7. The summed E-state index contributed by atoms with van der Waals surface area (Å²) in [6, 6.07) is 74.4. The fraction of sp³-hybridized carbons (Fsp3) is 0.0182. The smallest absolute Gasteiger partial charge is 0.0725 e. The third-order valence-electron chi connectivity index (χ3n) is 12.9. The van der Waals surface area contributed by atoms with Crippen molar-refractivity contribution < 1.29 is 0 Å². The molecule has 2 heterocycles. The van der Waals surface area contributed by atoms with Gasteiger partial charge in [-0.2, -0.15) is 0 Å². The summed E-state index contributed by atoms with van der Waals surface area (Å²) >= 11 is 0. The van der Waals surface area contributed by atoms with E-state index >= 15 is 0 Å². The lowest BCUT2D eigenvalue weighted by atomic mass is 9.70. The van der Waals surface area contributed by atoms with Crippen molar-refractivity contribution >= 4 is 43.6 Å². The Morgan fingerprint density at radius 2 is 0.772 bits per heavy atom. The van der Waals surface area contributed by atoms with Gasteiger partial charge in [0.2, 0.25) is 0 Å². The van der Waals surface area contributed by atoms with Crippen LogP contribution in [0.5, 0.6) is 0 Å². The van der Waals surface area contributed by atoms with E-state index < -0.39 is 0 Å². The van der Waals surface area contributed by atoms with Crippen LogP contribution in [0.4, 0.5) is 0 Å². The van der Waals surface area contributed by atoms with E-state index in [0.29, 0.717) is 0 Å². The standard InChI is InChI=1S/C55H34N2/c1-2-12-38(13-3-1)57-53-21-11-7-17-43(53)46-32-36(25-29-54(46)57)34-23-27-51-44(30-34)45-31-35(24-28-52(45)56-51)37-22-26-42-41-16-6-10-20-49(41)55(50(42)33-37)47-18-8-4-14-39(47)40-15-5-9-19-48(40)55/h1-33,56H. The third kappa shape index (κ3) is 4.09. The molecule has 13 rings (SSSR count). The highest BCUT2D eigenvalue weighted by Crippen LogP contribution is 2.63. The Bertz CT molecular complexity index is 3410. The first kappa shape index (κ1) is 30.9. The number of aromatic nitrogens is 2. The molecule has 2 aliphatic carbocycles. The van der Waals surface area contributed by atoms with Crippen LogP contribution in [0.1, 0.15) is 22.3 Å². The van der Waals surface area contributed by atoms with Crippen LogP contribution in [-0.2, 0) is 5.41 Å². The first-order valence-electron chi connectivity index (χ1n) is 19.8. The van der Waals surface area contributed by atoms with Gasteiger partial charge in [-0.05, 0) is 127 Å². The molecule has 0 fully saturated rings. The molecule has 0 bridgehead atoms. The van der Waals surface area contributed by atoms with Crippen molar-refractivity contribution in [1.29, 1.82) is 0 Å². The minimum atomic E-state index is -0.358. The van der Waals surface area contributed by atoms with Gasteiger partial charge in [-0.25, -0.2) is 0 Å². The van der Waals surface area contributed by atoms with Crippen molar-refractivity contribution in [1.82, 2.24) is 9.55 Å². The molecule has 264 valence electrons. The fourth-order valence-electron chi connectivity index (χ4n) is 10.5. The van der Waals surface area contributed by atoms with Crippen molar-refractivity contribution in [2.75, 3.05) is 0 Å². The zero-order chi connectivity index (χ0) is 37.2. The van der Waals surface area contributed by atoms with Gasteiger partial charge < -0.3 is 9.55 Å². The van der Waals surface area contributed by atoms with Crippen LogP contribution in [-0.4, -0.2) is 9.55 Å². The highest BCUT2D eigenvalue weighted by Gasteiger charge is 2.51. The first-order chi connectivity index (χ1) is 28.3. The average Bonchev–Trinajstić information content (AvgIpc) is 3.99. The van der Waals surface area contributed by atoms with E-state index in [1.165, 1.54) is 105 Å². The number of aromatic amines is 1. The van der Waals surface area contributed by atoms with Crippen LogP contribution in [0.15, 0.2) is 200 Å². The molecule has 11 aromatic rings. The Hall–Kier alpha value is -7.42. The molecule has 0 saturated carbocycles. The van der Waals surface area contributed by atoms with E-state index in [9.17, 15) is 0 Å². The minimum absolute atomic E-state index is 0.358. The minimum Gasteiger partial charge on any atom is -0.355 e. The lowest BCUT2D eigenvalue weighted by molar-refractivity contribution is 0.794. The van der Waals surface area contributed by atoms with E-state index in [1.54, 1.807) is 0 Å². The number of hydrogen-bond acceptors (Lipinski definition) is 0. The van der Waals surface area contributed by atoms with Gasteiger partial charge in [0.25, 0.3) is 0 Å². The maximum absolute atomic E-state index is 3.72. The molecule has 0 radical (unpaired) electrons. The topological polar surface area (TPSA) is 20.7 Å². The maximum atomic E-state index is 3.72. The molecule has 0 unspecified atom stereocenters. The Morgan fingerprint density at radius 3 is 1.40 bits per heavy atom. The van der Waals surface area contributed by atoms with Crippen LogP contribution < -0.4 is 0 Å². The van der Waals surface area contributed by atoms with E-state index in [4.69, 9.17) is 0 Å². The predicted molar refractivity (Wildman–Crippen MR) is 237 cm³/mol. The summed E-state index contributed by atoms with van der Waals surface area (Å²) in [5, 5.41) is 5.00. The van der Waals surface area contributed by atoms with Crippen LogP contribution in [0.2, 0.25) is 0 Å². The summed E-state index contributed by atoms with van der Waals surface area (Å²) in [7, 11) is 0. The molecule has 57 heavy (non-hydrogen) atoms. The SMILES string of the molecule is c1ccc(-n2c3ccccc3c3cc(-c4ccc5[nH]c6ccc(-c7ccc8c(c7)C7(c9ccccc9-c9ccccc97)c7ccccc7-8)cc6c5c4)ccc32)cc1. The summed E-state index contributed by atoms with van der Waals surface area (Å²) in [6.07, 6.45) is 0. The van der Waals surface area contributed by atoms with Gasteiger partial charge in [0, 0.05) is 38.3 Å². The van der Waals surface area contributed by atoms with E-state index in [-0.39, 0.29) is 5.41 Å². The molecule has 2 nitrogen and oxygen atoms in total. The highest BCUT2D eigenvalue weighted by atomic mass is 15.0. The number of nitrogens with zero attached hydrogens (tertiary/aromatic N) is 1. The zero-order valence-electron chi connectivity index (χ0n) is 31.0. The maximum Gasteiger partial charge on any atom is 0.0725 e. The molecule has 1 N–H and O–H groups in total. The van der Waals surface area contributed by atoms with E-state index in [0.717, 1.165) is 11.0 Å². The molecule has 0 saturated heterocycles. The van der Waals surface area contributed by atoms with Crippen LogP contribution in [0, 0.1) is 0 Å². The Balaban J connectivity index is 0.965. The molecular formula is C55H34N2. The summed E-state index contributed by atoms with van der Waals surface area (Å²) in [4.78, 5) is 3.72. The van der Waals surface area contributed by atoms with Gasteiger partial charge in [0.1, 0.15) is 0 Å². The van der Waals surface area contributed by atoms with E-state index in [2.05, 4.69) is 210 Å². The van der Waals surface area contributed by atoms with Crippen LogP contribution in [0.3, 0.4) is 0 Å². The van der Waals surface area contributed by atoms with Gasteiger partial charge >= 0.3 is 0 Å². The second kappa shape index (κ2) is 11.3. The van der Waals surface area contributed by atoms with Crippen LogP contribution >= 0.6 is 0 Å². The molecule has 0 atom stereocenters. The monoisotopic (exact) mass is 722 g/mol. The summed E-state index contributed by atoms with van der Waals surface area (Å²) < 4.78 is 2.38. The number of hydrogen-bond donors (Lipinski definition) is 1. The summed E-state index contributed by atoms with van der Waals surface area (Å²) in [6.45, 7) is 0. The molecule has 0 aliphatic heterocycles. The molecule has 2 heteroatoms. The molecule has 1 spiro atoms. The van der Waals surface area contributed by atoms with Crippen molar-refractivity contribution in [2.24, 2.45) is 0 Å². The van der Waals surface area contributed by atoms with Crippen LogP contribution in [0.25, 0.3) is 93.8 Å². The fourth-order valence-corrected chi connectivity index (χ4v) is 10.5. The number of nitrogens with one attached hydrogen (secondary N) is 1. The molecule has 2 aromatic heterocycles. The molecular weight excluding hydrogens is 689 g/mol. The number of rotatable bonds is 3.